The number of carboxylic acids is 1. The lowest BCUT2D eigenvalue weighted by Crippen LogP contribution is -2.24. The molecule has 0 saturated carbocycles. The van der Waals surface area contributed by atoms with Crippen LogP contribution in [0.2, 0.25) is 0 Å². The van der Waals surface area contributed by atoms with Gasteiger partial charge >= 0.3 is 5.97 Å². The van der Waals surface area contributed by atoms with Gasteiger partial charge in [-0.25, -0.2) is 15.4 Å². The van der Waals surface area contributed by atoms with E-state index in [2.05, 4.69) is 20.5 Å². The lowest BCUT2D eigenvalue weighted by Gasteiger charge is -2.15. The van der Waals surface area contributed by atoms with Crippen LogP contribution < -0.4 is 10.2 Å². The van der Waals surface area contributed by atoms with Gasteiger partial charge in [-0.1, -0.05) is 20.8 Å². The van der Waals surface area contributed by atoms with Crippen molar-refractivity contribution < 1.29 is 19.4 Å². The zero-order chi connectivity index (χ0) is 18.2. The maximum absolute atomic E-state index is 11.7. The van der Waals surface area contributed by atoms with Crippen molar-refractivity contribution in [2.75, 3.05) is 6.61 Å². The number of hydrazone groups is 1. The maximum Gasteiger partial charge on any atom is 0.303 e. The number of hydrogen-bond donors (Lipinski definition) is 2. The number of ether oxygens (including phenoxy) is 1. The number of aliphatic carboxylic acids is 1. The predicted octanol–water partition coefficient (Wildman–Crippen LogP) is 2.00. The molecular formula is C16H24N4O4. The summed E-state index contributed by atoms with van der Waals surface area (Å²) in [6.07, 6.45) is 3.81. The van der Waals surface area contributed by atoms with Gasteiger partial charge in [-0.05, 0) is 18.8 Å². The van der Waals surface area contributed by atoms with Gasteiger partial charge in [-0.3, -0.25) is 9.59 Å². The molecular weight excluding hydrogens is 312 g/mol. The number of rotatable bonds is 8. The Balaban J connectivity index is 2.50. The van der Waals surface area contributed by atoms with Crippen molar-refractivity contribution in [3.63, 3.8) is 0 Å². The first kappa shape index (κ1) is 19.5. The normalized spacial score (nSPS) is 11.9. The molecule has 0 aliphatic heterocycles. The van der Waals surface area contributed by atoms with Crippen LogP contribution in [0.5, 0.6) is 5.75 Å². The summed E-state index contributed by atoms with van der Waals surface area (Å²) in [4.78, 5) is 30.3. The van der Waals surface area contributed by atoms with Crippen LogP contribution >= 0.6 is 0 Å². The zero-order valence-electron chi connectivity index (χ0n) is 14.5. The standard InChI is InChI=1S/C16H24N4O4/c1-11(19-20-13(21)8-16(2,3)4)15-17-9-12(10-18-15)24-7-5-6-14(22)23/h9-10H,5-8H2,1-4H3,(H,20,21)(H,22,23)/b19-11-. The monoisotopic (exact) mass is 336 g/mol. The molecule has 0 radical (unpaired) electrons. The molecule has 8 heteroatoms. The molecule has 0 saturated heterocycles. The van der Waals surface area contributed by atoms with E-state index in [1.54, 1.807) is 6.92 Å². The Morgan fingerprint density at radius 3 is 2.46 bits per heavy atom. The highest BCUT2D eigenvalue weighted by atomic mass is 16.5. The van der Waals surface area contributed by atoms with Crippen LogP contribution in [-0.4, -0.2) is 39.3 Å². The number of carbonyl (C=O) groups is 2. The maximum atomic E-state index is 11.7. The van der Waals surface area contributed by atoms with Gasteiger partial charge < -0.3 is 9.84 Å². The van der Waals surface area contributed by atoms with E-state index < -0.39 is 5.97 Å². The van der Waals surface area contributed by atoms with Gasteiger partial charge in [0.15, 0.2) is 11.6 Å². The predicted molar refractivity (Wildman–Crippen MR) is 88.8 cm³/mol. The Hall–Kier alpha value is -2.51. The first-order valence-corrected chi connectivity index (χ1v) is 7.67. The first-order valence-electron chi connectivity index (χ1n) is 7.67. The average Bonchev–Trinajstić information content (AvgIpc) is 2.48. The number of nitrogens with one attached hydrogen (secondary N) is 1. The third kappa shape index (κ3) is 8.21. The molecule has 1 aromatic heterocycles. The molecule has 1 rings (SSSR count). The Morgan fingerprint density at radius 1 is 1.29 bits per heavy atom. The van der Waals surface area contributed by atoms with Crippen molar-refractivity contribution >= 4 is 17.6 Å². The van der Waals surface area contributed by atoms with Crippen LogP contribution in [0.25, 0.3) is 0 Å². The van der Waals surface area contributed by atoms with Crippen LogP contribution in [0.3, 0.4) is 0 Å². The molecule has 0 bridgehead atoms. The minimum atomic E-state index is -0.856. The molecule has 0 spiro atoms. The number of carbonyl (C=O) groups excluding carboxylic acids is 1. The molecule has 24 heavy (non-hydrogen) atoms. The molecule has 1 amide bonds. The Kier molecular flexibility index (Phi) is 7.29. The van der Waals surface area contributed by atoms with Gasteiger partial charge in [0.2, 0.25) is 5.91 Å². The van der Waals surface area contributed by atoms with E-state index in [0.29, 0.717) is 30.1 Å². The summed E-state index contributed by atoms with van der Waals surface area (Å²) in [5.74, 6) is -0.191. The van der Waals surface area contributed by atoms with Crippen LogP contribution in [0, 0.1) is 5.41 Å². The smallest absolute Gasteiger partial charge is 0.303 e. The minimum Gasteiger partial charge on any atom is -0.490 e. The molecule has 1 aromatic rings. The average molecular weight is 336 g/mol. The van der Waals surface area contributed by atoms with Gasteiger partial charge in [0.25, 0.3) is 0 Å². The number of carboxylic acid groups (broad SMARTS) is 1. The van der Waals surface area contributed by atoms with E-state index in [1.807, 2.05) is 20.8 Å². The van der Waals surface area contributed by atoms with E-state index in [4.69, 9.17) is 9.84 Å². The fourth-order valence-corrected chi connectivity index (χ4v) is 1.71. The number of hydrogen-bond acceptors (Lipinski definition) is 6. The molecule has 0 unspecified atom stereocenters. The second-order valence-electron chi connectivity index (χ2n) is 6.56. The van der Waals surface area contributed by atoms with Crippen LogP contribution in [0.4, 0.5) is 0 Å². The van der Waals surface area contributed by atoms with Gasteiger partial charge in [0.1, 0.15) is 5.71 Å². The van der Waals surface area contributed by atoms with E-state index in [1.165, 1.54) is 12.4 Å². The van der Waals surface area contributed by atoms with Crippen molar-refractivity contribution in [3.8, 4) is 5.75 Å². The lowest BCUT2D eigenvalue weighted by atomic mass is 9.92. The summed E-state index contributed by atoms with van der Waals surface area (Å²) in [6.45, 7) is 7.90. The second-order valence-corrected chi connectivity index (χ2v) is 6.56. The first-order chi connectivity index (χ1) is 11.2. The summed E-state index contributed by atoms with van der Waals surface area (Å²) in [5, 5.41) is 12.5. The summed E-state index contributed by atoms with van der Waals surface area (Å²) in [5.41, 5.74) is 2.86. The van der Waals surface area contributed by atoms with Crippen LogP contribution in [0.1, 0.15) is 52.8 Å². The highest BCUT2D eigenvalue weighted by Gasteiger charge is 2.15. The SMILES string of the molecule is C/C(=N/NC(=O)CC(C)(C)C)c1ncc(OCCCC(=O)O)cn1. The van der Waals surface area contributed by atoms with Crippen molar-refractivity contribution in [2.24, 2.45) is 10.5 Å². The van der Waals surface area contributed by atoms with E-state index in [0.717, 1.165) is 0 Å². The largest absolute Gasteiger partial charge is 0.490 e. The minimum absolute atomic E-state index is 0.0545. The van der Waals surface area contributed by atoms with Crippen molar-refractivity contribution in [2.45, 2.75) is 47.0 Å². The third-order valence-electron chi connectivity index (χ3n) is 2.79. The molecule has 2 N–H and O–H groups in total. The Labute approximate surface area is 141 Å². The van der Waals surface area contributed by atoms with Gasteiger partial charge in [-0.2, -0.15) is 5.10 Å². The quantitative estimate of drug-likeness (QED) is 0.426. The van der Waals surface area contributed by atoms with Crippen molar-refractivity contribution in [1.82, 2.24) is 15.4 Å². The number of aromatic nitrogens is 2. The molecule has 0 atom stereocenters. The summed E-state index contributed by atoms with van der Waals surface area (Å²) in [6, 6.07) is 0. The summed E-state index contributed by atoms with van der Waals surface area (Å²) in [7, 11) is 0. The van der Waals surface area contributed by atoms with Crippen LogP contribution in [-0.2, 0) is 9.59 Å². The van der Waals surface area contributed by atoms with E-state index >= 15 is 0 Å². The van der Waals surface area contributed by atoms with Crippen molar-refractivity contribution in [3.05, 3.63) is 18.2 Å². The molecule has 0 aromatic carbocycles. The Morgan fingerprint density at radius 2 is 1.92 bits per heavy atom. The molecule has 1 heterocycles. The second kappa shape index (κ2) is 8.95. The zero-order valence-corrected chi connectivity index (χ0v) is 14.5. The molecule has 0 aliphatic carbocycles. The van der Waals surface area contributed by atoms with Gasteiger partial charge in [0.05, 0.1) is 19.0 Å². The fraction of sp³-hybridized carbons (Fsp3) is 0.562. The summed E-state index contributed by atoms with van der Waals surface area (Å²) >= 11 is 0. The van der Waals surface area contributed by atoms with Crippen molar-refractivity contribution in [1.29, 1.82) is 0 Å². The highest BCUT2D eigenvalue weighted by Crippen LogP contribution is 2.17. The highest BCUT2D eigenvalue weighted by molar-refractivity contribution is 5.95. The topological polar surface area (TPSA) is 114 Å². The molecule has 8 nitrogen and oxygen atoms in total. The lowest BCUT2D eigenvalue weighted by molar-refractivity contribution is -0.137. The van der Waals surface area contributed by atoms with E-state index in [9.17, 15) is 9.59 Å². The van der Waals surface area contributed by atoms with Gasteiger partial charge in [-0.15, -0.1) is 0 Å². The summed E-state index contributed by atoms with van der Waals surface area (Å²) < 4.78 is 5.35. The fourth-order valence-electron chi connectivity index (χ4n) is 1.71. The number of nitrogens with zero attached hydrogens (tertiary/aromatic N) is 3. The molecule has 0 fully saturated rings. The third-order valence-corrected chi connectivity index (χ3v) is 2.79. The van der Waals surface area contributed by atoms with E-state index in [-0.39, 0.29) is 24.3 Å². The molecule has 0 aliphatic rings. The number of amides is 1. The molecule has 132 valence electrons. The Bertz CT molecular complexity index is 591. The van der Waals surface area contributed by atoms with Gasteiger partial charge in [0, 0.05) is 12.8 Å². The van der Waals surface area contributed by atoms with Crippen LogP contribution in [0.15, 0.2) is 17.5 Å².